The molecule has 0 atom stereocenters. The van der Waals surface area contributed by atoms with Crippen LogP contribution in [0.5, 0.6) is 0 Å². The number of hydrogen-bond donors (Lipinski definition) is 1. The van der Waals surface area contributed by atoms with E-state index in [9.17, 15) is 9.59 Å². The molecular formula is C17H21N3O4. The second-order valence-corrected chi connectivity index (χ2v) is 5.80. The minimum Gasteiger partial charge on any atom is -0.469 e. The first-order chi connectivity index (χ1) is 11.6. The van der Waals surface area contributed by atoms with Crippen LogP contribution in [0, 0.1) is 5.92 Å². The highest BCUT2D eigenvalue weighted by molar-refractivity contribution is 5.94. The van der Waals surface area contributed by atoms with Gasteiger partial charge in [-0.2, -0.15) is 0 Å². The van der Waals surface area contributed by atoms with Gasteiger partial charge in [-0.25, -0.2) is 9.78 Å². The maximum atomic E-state index is 11.8. The van der Waals surface area contributed by atoms with Gasteiger partial charge in [-0.3, -0.25) is 4.79 Å². The number of benzene rings is 1. The molecule has 0 bridgehead atoms. The standard InChI is InChI=1S/C17H21N3O4/c1-3-24-16(22)12-4-5-13-14(10-12)19-17(18-13)20-8-6-11(7-9-20)15(21)23-2/h4-5,10-11H,3,6-9H2,1-2H3,(H,18,19). The Hall–Kier alpha value is -2.57. The van der Waals surface area contributed by atoms with Gasteiger partial charge in [0.2, 0.25) is 5.95 Å². The molecule has 1 saturated heterocycles. The quantitative estimate of drug-likeness (QED) is 0.864. The minimum absolute atomic E-state index is 0.0361. The first kappa shape index (κ1) is 16.3. The van der Waals surface area contributed by atoms with Crippen molar-refractivity contribution in [2.75, 3.05) is 31.7 Å². The van der Waals surface area contributed by atoms with Gasteiger partial charge >= 0.3 is 11.9 Å². The second kappa shape index (κ2) is 6.90. The van der Waals surface area contributed by atoms with Crippen molar-refractivity contribution in [2.24, 2.45) is 5.92 Å². The van der Waals surface area contributed by atoms with Crippen LogP contribution in [0.1, 0.15) is 30.1 Å². The van der Waals surface area contributed by atoms with Crippen LogP contribution in [0.3, 0.4) is 0 Å². The lowest BCUT2D eigenvalue weighted by atomic mass is 9.97. The Morgan fingerprint density at radius 2 is 2.08 bits per heavy atom. The normalized spacial score (nSPS) is 15.5. The largest absolute Gasteiger partial charge is 0.469 e. The Morgan fingerprint density at radius 3 is 2.75 bits per heavy atom. The van der Waals surface area contributed by atoms with Crippen molar-refractivity contribution >= 4 is 28.9 Å². The molecule has 0 aliphatic carbocycles. The van der Waals surface area contributed by atoms with Crippen molar-refractivity contribution in [3.05, 3.63) is 23.8 Å². The van der Waals surface area contributed by atoms with E-state index in [0.29, 0.717) is 12.2 Å². The van der Waals surface area contributed by atoms with Crippen LogP contribution in [-0.2, 0) is 14.3 Å². The summed E-state index contributed by atoms with van der Waals surface area (Å²) in [7, 11) is 1.43. The van der Waals surface area contributed by atoms with Crippen LogP contribution in [0.2, 0.25) is 0 Å². The fraction of sp³-hybridized carbons (Fsp3) is 0.471. The van der Waals surface area contributed by atoms with Gasteiger partial charge in [0.1, 0.15) is 0 Å². The van der Waals surface area contributed by atoms with Crippen molar-refractivity contribution in [1.29, 1.82) is 0 Å². The summed E-state index contributed by atoms with van der Waals surface area (Å²) in [6.45, 7) is 3.61. The summed E-state index contributed by atoms with van der Waals surface area (Å²) >= 11 is 0. The zero-order chi connectivity index (χ0) is 17.1. The van der Waals surface area contributed by atoms with Gasteiger partial charge < -0.3 is 19.4 Å². The number of piperidine rings is 1. The SMILES string of the molecule is CCOC(=O)c1ccc2nc(N3CCC(C(=O)OC)CC3)[nH]c2c1. The molecule has 1 aliphatic heterocycles. The number of aromatic nitrogens is 2. The Morgan fingerprint density at radius 1 is 1.33 bits per heavy atom. The van der Waals surface area contributed by atoms with Crippen LogP contribution in [-0.4, -0.2) is 48.7 Å². The summed E-state index contributed by atoms with van der Waals surface area (Å²) in [5.74, 6) is 0.244. The van der Waals surface area contributed by atoms with Gasteiger partial charge in [0.25, 0.3) is 0 Å². The molecular weight excluding hydrogens is 310 g/mol. The lowest BCUT2D eigenvalue weighted by molar-refractivity contribution is -0.146. The molecule has 3 rings (SSSR count). The number of rotatable bonds is 4. The molecule has 1 aromatic heterocycles. The highest BCUT2D eigenvalue weighted by Crippen LogP contribution is 2.24. The molecule has 2 aromatic rings. The first-order valence-electron chi connectivity index (χ1n) is 8.12. The predicted molar refractivity (Wildman–Crippen MR) is 89.0 cm³/mol. The summed E-state index contributed by atoms with van der Waals surface area (Å²) in [4.78, 5) is 33.4. The number of carbonyl (C=O) groups is 2. The predicted octanol–water partition coefficient (Wildman–Crippen LogP) is 2.13. The highest BCUT2D eigenvalue weighted by atomic mass is 16.5. The van der Waals surface area contributed by atoms with Gasteiger partial charge in [-0.1, -0.05) is 0 Å². The van der Waals surface area contributed by atoms with Gasteiger partial charge in [0.15, 0.2) is 0 Å². The monoisotopic (exact) mass is 331 g/mol. The van der Waals surface area contributed by atoms with Crippen molar-refractivity contribution in [3.63, 3.8) is 0 Å². The van der Waals surface area contributed by atoms with Gasteiger partial charge in [-0.15, -0.1) is 0 Å². The maximum absolute atomic E-state index is 11.8. The highest BCUT2D eigenvalue weighted by Gasteiger charge is 2.26. The van der Waals surface area contributed by atoms with Crippen molar-refractivity contribution < 1.29 is 19.1 Å². The third kappa shape index (κ3) is 3.20. The zero-order valence-electron chi connectivity index (χ0n) is 13.9. The molecule has 1 N–H and O–H groups in total. The third-order valence-electron chi connectivity index (χ3n) is 4.31. The number of esters is 2. The molecule has 7 nitrogen and oxygen atoms in total. The van der Waals surface area contributed by atoms with E-state index in [1.54, 1.807) is 19.1 Å². The Kier molecular flexibility index (Phi) is 4.69. The first-order valence-corrected chi connectivity index (χ1v) is 8.12. The summed E-state index contributed by atoms with van der Waals surface area (Å²) < 4.78 is 9.83. The Bertz CT molecular complexity index is 747. The van der Waals surface area contributed by atoms with Crippen LogP contribution in [0.4, 0.5) is 5.95 Å². The molecule has 24 heavy (non-hydrogen) atoms. The van der Waals surface area contributed by atoms with E-state index < -0.39 is 0 Å². The van der Waals surface area contributed by atoms with E-state index in [4.69, 9.17) is 9.47 Å². The molecule has 0 radical (unpaired) electrons. The fourth-order valence-electron chi connectivity index (χ4n) is 2.98. The summed E-state index contributed by atoms with van der Waals surface area (Å²) in [6.07, 6.45) is 1.50. The molecule has 1 aliphatic rings. The van der Waals surface area contributed by atoms with Crippen LogP contribution >= 0.6 is 0 Å². The summed E-state index contributed by atoms with van der Waals surface area (Å²) in [5, 5.41) is 0. The summed E-state index contributed by atoms with van der Waals surface area (Å²) in [5.41, 5.74) is 2.10. The second-order valence-electron chi connectivity index (χ2n) is 5.80. The van der Waals surface area contributed by atoms with Crippen molar-refractivity contribution in [1.82, 2.24) is 9.97 Å². The molecule has 0 unspecified atom stereocenters. The van der Waals surface area contributed by atoms with Crippen LogP contribution in [0.25, 0.3) is 11.0 Å². The molecule has 2 heterocycles. The number of ether oxygens (including phenoxy) is 2. The van der Waals surface area contributed by atoms with E-state index in [1.807, 2.05) is 6.07 Å². The smallest absolute Gasteiger partial charge is 0.338 e. The van der Waals surface area contributed by atoms with Crippen LogP contribution < -0.4 is 4.90 Å². The Balaban J connectivity index is 1.74. The molecule has 0 spiro atoms. The number of carbonyl (C=O) groups excluding carboxylic acids is 2. The zero-order valence-corrected chi connectivity index (χ0v) is 13.9. The molecule has 128 valence electrons. The number of fused-ring (bicyclic) bond motifs is 1. The average molecular weight is 331 g/mol. The van der Waals surface area contributed by atoms with Crippen LogP contribution in [0.15, 0.2) is 18.2 Å². The number of anilines is 1. The number of methoxy groups -OCH3 is 1. The lowest BCUT2D eigenvalue weighted by Gasteiger charge is -2.30. The van der Waals surface area contributed by atoms with Crippen molar-refractivity contribution in [3.8, 4) is 0 Å². The van der Waals surface area contributed by atoms with E-state index in [0.717, 1.165) is 42.9 Å². The van der Waals surface area contributed by atoms with E-state index in [-0.39, 0.29) is 17.9 Å². The Labute approximate surface area is 139 Å². The number of aromatic amines is 1. The topological polar surface area (TPSA) is 84.5 Å². The molecule has 0 saturated carbocycles. The van der Waals surface area contributed by atoms with E-state index >= 15 is 0 Å². The van der Waals surface area contributed by atoms with E-state index in [1.165, 1.54) is 7.11 Å². The maximum Gasteiger partial charge on any atom is 0.338 e. The minimum atomic E-state index is -0.338. The van der Waals surface area contributed by atoms with E-state index in [2.05, 4.69) is 14.9 Å². The molecule has 7 heteroatoms. The lowest BCUT2D eigenvalue weighted by Crippen LogP contribution is -2.37. The van der Waals surface area contributed by atoms with Crippen molar-refractivity contribution in [2.45, 2.75) is 19.8 Å². The average Bonchev–Trinajstić information content (AvgIpc) is 3.04. The molecule has 1 fully saturated rings. The number of nitrogens with zero attached hydrogens (tertiary/aromatic N) is 2. The molecule has 0 amide bonds. The van der Waals surface area contributed by atoms with Gasteiger partial charge in [-0.05, 0) is 38.0 Å². The number of nitrogens with one attached hydrogen (secondary N) is 1. The summed E-state index contributed by atoms with van der Waals surface area (Å²) in [6, 6.07) is 5.28. The van der Waals surface area contributed by atoms with Gasteiger partial charge in [0.05, 0.1) is 36.2 Å². The number of hydrogen-bond acceptors (Lipinski definition) is 6. The molecule has 1 aromatic carbocycles. The fourth-order valence-corrected chi connectivity index (χ4v) is 2.98. The van der Waals surface area contributed by atoms with Gasteiger partial charge in [0, 0.05) is 13.1 Å². The number of H-pyrrole nitrogens is 1. The number of imidazole rings is 1. The third-order valence-corrected chi connectivity index (χ3v) is 4.31.